The van der Waals surface area contributed by atoms with Crippen molar-refractivity contribution in [1.29, 1.82) is 0 Å². The van der Waals surface area contributed by atoms with Crippen LogP contribution in [0.3, 0.4) is 0 Å². The van der Waals surface area contributed by atoms with Crippen LogP contribution in [0.15, 0.2) is 199 Å². The van der Waals surface area contributed by atoms with E-state index in [9.17, 15) is 0 Å². The number of rotatable bonds is 5. The zero-order valence-electron chi connectivity index (χ0n) is 34.2. The highest BCUT2D eigenvalue weighted by Crippen LogP contribution is 2.52. The Hall–Kier alpha value is -8.02. The summed E-state index contributed by atoms with van der Waals surface area (Å²) < 4.78 is 11.4. The first kappa shape index (κ1) is 34.8. The number of benzene rings is 8. The van der Waals surface area contributed by atoms with E-state index >= 15 is 0 Å². The van der Waals surface area contributed by atoms with Gasteiger partial charge in [-0.25, -0.2) is 9.97 Å². The zero-order chi connectivity index (χ0) is 41.1. The molecule has 4 aromatic heterocycles. The van der Waals surface area contributed by atoms with Crippen LogP contribution >= 0.6 is 0 Å². The van der Waals surface area contributed by atoms with Crippen LogP contribution in [-0.2, 0) is 5.41 Å². The van der Waals surface area contributed by atoms with Gasteiger partial charge in [0.25, 0.3) is 0 Å². The highest BCUT2D eigenvalue weighted by molar-refractivity contribution is 6.11. The molecular weight excluding hydrogens is 757 g/mol. The van der Waals surface area contributed by atoms with Gasteiger partial charge >= 0.3 is 0 Å². The molecule has 1 aliphatic rings. The lowest BCUT2D eigenvalue weighted by molar-refractivity contribution is 0.628. The molecule has 0 bridgehead atoms. The van der Waals surface area contributed by atoms with E-state index in [1.165, 1.54) is 43.8 Å². The number of fused-ring (bicyclic) bond motifs is 10. The Morgan fingerprint density at radius 3 is 1.55 bits per heavy atom. The lowest BCUT2D eigenvalue weighted by Gasteiger charge is -2.21. The summed E-state index contributed by atoms with van der Waals surface area (Å²) in [7, 11) is 0. The van der Waals surface area contributed by atoms with Crippen LogP contribution in [0.1, 0.15) is 25.0 Å². The Balaban J connectivity index is 1.13. The second kappa shape index (κ2) is 13.0. The number of para-hydroxylation sites is 5. The van der Waals surface area contributed by atoms with Gasteiger partial charge in [0.2, 0.25) is 0 Å². The third-order valence-corrected chi connectivity index (χ3v) is 13.1. The first-order valence-corrected chi connectivity index (χ1v) is 21.2. The van der Waals surface area contributed by atoms with E-state index in [0.29, 0.717) is 11.6 Å². The third-order valence-electron chi connectivity index (χ3n) is 13.1. The largest absolute Gasteiger partial charge is 0.454 e. The first-order chi connectivity index (χ1) is 30.5. The monoisotopic (exact) mass is 794 g/mol. The summed E-state index contributed by atoms with van der Waals surface area (Å²) in [6, 6.07) is 69.4. The van der Waals surface area contributed by atoms with E-state index in [1.54, 1.807) is 0 Å². The van der Waals surface area contributed by atoms with Gasteiger partial charge in [-0.1, -0.05) is 147 Å². The minimum Gasteiger partial charge on any atom is -0.454 e. The van der Waals surface area contributed by atoms with Gasteiger partial charge in [0.05, 0.1) is 27.8 Å². The van der Waals surface area contributed by atoms with Gasteiger partial charge in [0.15, 0.2) is 11.6 Å². The van der Waals surface area contributed by atoms with Gasteiger partial charge in [0.1, 0.15) is 11.3 Å². The molecule has 62 heavy (non-hydrogen) atoms. The molecule has 0 spiro atoms. The second-order valence-electron chi connectivity index (χ2n) is 17.0. The van der Waals surface area contributed by atoms with Gasteiger partial charge in [-0.2, -0.15) is 0 Å². The Kier molecular flexibility index (Phi) is 7.29. The van der Waals surface area contributed by atoms with E-state index in [4.69, 9.17) is 14.4 Å². The van der Waals surface area contributed by atoms with Crippen LogP contribution < -0.4 is 0 Å². The standard InChI is InChI=1S/C57H38N4O/c1-57(2)45-23-9-4-21-43(45)55-44(22-15-24-46(55)57)47-34-48(54-32-35-16-3-14-29-53(35)62-54)59-56(58-47)36-30-37(60-49-25-10-5-17-39(49)40-18-6-11-26-50(40)60)33-38(31-36)61-51-27-12-7-19-41(51)42-20-8-13-28-52(42)61/h3-34H,1-2H3. The third kappa shape index (κ3) is 5.02. The van der Waals surface area contributed by atoms with Crippen molar-refractivity contribution in [2.24, 2.45) is 0 Å². The average Bonchev–Trinajstić information content (AvgIpc) is 4.06. The number of hydrogen-bond donors (Lipinski definition) is 0. The Labute approximate surface area is 357 Å². The van der Waals surface area contributed by atoms with Crippen LogP contribution in [-0.4, -0.2) is 19.1 Å². The number of furan rings is 1. The number of aromatic nitrogens is 4. The molecule has 0 fully saturated rings. The molecule has 1 aliphatic carbocycles. The quantitative estimate of drug-likeness (QED) is 0.174. The molecule has 0 N–H and O–H groups in total. The number of hydrogen-bond acceptors (Lipinski definition) is 3. The molecule has 0 atom stereocenters. The molecule has 8 aromatic carbocycles. The van der Waals surface area contributed by atoms with E-state index in [-0.39, 0.29) is 5.41 Å². The summed E-state index contributed by atoms with van der Waals surface area (Å²) in [5.41, 5.74) is 15.9. The SMILES string of the molecule is CC1(C)c2ccccc2-c2c(-c3cc(-c4cc5ccccc5o4)nc(-c4cc(-n5c6ccccc6c6ccccc65)cc(-n5c6ccccc6c6ccccc65)c4)n3)cccc21. The highest BCUT2D eigenvalue weighted by atomic mass is 16.3. The maximum absolute atomic E-state index is 6.58. The van der Waals surface area contributed by atoms with Crippen molar-refractivity contribution < 1.29 is 4.42 Å². The van der Waals surface area contributed by atoms with E-state index in [0.717, 1.165) is 66.9 Å². The van der Waals surface area contributed by atoms with Crippen molar-refractivity contribution in [2.75, 3.05) is 0 Å². The van der Waals surface area contributed by atoms with Crippen molar-refractivity contribution in [1.82, 2.24) is 19.1 Å². The predicted octanol–water partition coefficient (Wildman–Crippen LogP) is 14.7. The minimum absolute atomic E-state index is 0.160. The molecule has 0 unspecified atom stereocenters. The molecule has 5 heteroatoms. The van der Waals surface area contributed by atoms with Crippen LogP contribution in [0.4, 0.5) is 0 Å². The summed E-state index contributed by atoms with van der Waals surface area (Å²) >= 11 is 0. The minimum atomic E-state index is -0.160. The molecule has 0 amide bonds. The molecule has 12 aromatic rings. The molecule has 292 valence electrons. The maximum atomic E-state index is 6.58. The molecule has 0 aliphatic heterocycles. The molecule has 0 saturated carbocycles. The van der Waals surface area contributed by atoms with Crippen molar-refractivity contribution in [3.8, 4) is 56.6 Å². The molecule has 5 nitrogen and oxygen atoms in total. The van der Waals surface area contributed by atoms with Crippen molar-refractivity contribution in [3.63, 3.8) is 0 Å². The van der Waals surface area contributed by atoms with Gasteiger partial charge in [-0.3, -0.25) is 0 Å². The Bertz CT molecular complexity index is 3530. The summed E-state index contributed by atoms with van der Waals surface area (Å²) in [6.07, 6.45) is 0. The second-order valence-corrected chi connectivity index (χ2v) is 17.0. The van der Waals surface area contributed by atoms with Crippen LogP contribution in [0, 0.1) is 0 Å². The fraction of sp³-hybridized carbons (Fsp3) is 0.0526. The Morgan fingerprint density at radius 2 is 0.935 bits per heavy atom. The molecule has 4 heterocycles. The Morgan fingerprint density at radius 1 is 0.435 bits per heavy atom. The predicted molar refractivity (Wildman–Crippen MR) is 254 cm³/mol. The normalized spacial score (nSPS) is 13.1. The van der Waals surface area contributed by atoms with Gasteiger partial charge in [-0.15, -0.1) is 0 Å². The fourth-order valence-corrected chi connectivity index (χ4v) is 10.3. The van der Waals surface area contributed by atoms with Crippen molar-refractivity contribution in [3.05, 3.63) is 205 Å². The molecule has 0 saturated heterocycles. The van der Waals surface area contributed by atoms with Gasteiger partial charge in [-0.05, 0) is 82.9 Å². The van der Waals surface area contributed by atoms with Crippen LogP contribution in [0.25, 0.3) is 111 Å². The average molecular weight is 795 g/mol. The fourth-order valence-electron chi connectivity index (χ4n) is 10.3. The van der Waals surface area contributed by atoms with Crippen LogP contribution in [0.2, 0.25) is 0 Å². The maximum Gasteiger partial charge on any atom is 0.160 e. The number of nitrogens with zero attached hydrogens (tertiary/aromatic N) is 4. The van der Waals surface area contributed by atoms with Gasteiger partial charge in [0, 0.05) is 54.8 Å². The summed E-state index contributed by atoms with van der Waals surface area (Å²) in [4.78, 5) is 11.0. The highest BCUT2D eigenvalue weighted by Gasteiger charge is 2.37. The van der Waals surface area contributed by atoms with Gasteiger partial charge < -0.3 is 13.6 Å². The summed E-state index contributed by atoms with van der Waals surface area (Å²) in [6.45, 7) is 4.64. The zero-order valence-corrected chi connectivity index (χ0v) is 34.2. The summed E-state index contributed by atoms with van der Waals surface area (Å²) in [5, 5.41) is 5.86. The molecular formula is C57H38N4O. The lowest BCUT2D eigenvalue weighted by atomic mass is 9.82. The molecule has 13 rings (SSSR count). The van der Waals surface area contributed by atoms with Crippen molar-refractivity contribution >= 4 is 54.6 Å². The topological polar surface area (TPSA) is 48.8 Å². The van der Waals surface area contributed by atoms with Crippen molar-refractivity contribution in [2.45, 2.75) is 19.3 Å². The van der Waals surface area contributed by atoms with E-state index in [2.05, 4.69) is 199 Å². The lowest BCUT2D eigenvalue weighted by Crippen LogP contribution is -2.14. The smallest absolute Gasteiger partial charge is 0.160 e. The summed E-state index contributed by atoms with van der Waals surface area (Å²) in [5.74, 6) is 1.32. The van der Waals surface area contributed by atoms with E-state index < -0.39 is 0 Å². The van der Waals surface area contributed by atoms with E-state index in [1.807, 2.05) is 18.2 Å². The van der Waals surface area contributed by atoms with Crippen LogP contribution in [0.5, 0.6) is 0 Å². The first-order valence-electron chi connectivity index (χ1n) is 21.2. The molecule has 0 radical (unpaired) electrons.